The van der Waals surface area contributed by atoms with Crippen LogP contribution in [0.1, 0.15) is 51.4 Å². The Morgan fingerprint density at radius 3 is 2.59 bits per heavy atom. The molecule has 4 rings (SSSR count). The van der Waals surface area contributed by atoms with Crippen molar-refractivity contribution in [1.82, 2.24) is 19.7 Å². The lowest BCUT2D eigenvalue weighted by Crippen LogP contribution is -2.40. The van der Waals surface area contributed by atoms with Crippen molar-refractivity contribution in [2.24, 2.45) is 11.8 Å². The maximum absolute atomic E-state index is 13.2. The highest BCUT2D eigenvalue weighted by atomic mass is 32.2. The molecular weight excluding hydrogens is 496 g/mol. The van der Waals surface area contributed by atoms with E-state index in [0.29, 0.717) is 42.5 Å². The van der Waals surface area contributed by atoms with Gasteiger partial charge in [-0.2, -0.15) is 8.42 Å². The molecule has 37 heavy (non-hydrogen) atoms. The number of nitrogen functional groups attached to an aromatic ring is 1. The highest BCUT2D eigenvalue weighted by Crippen LogP contribution is 2.38. The van der Waals surface area contributed by atoms with Gasteiger partial charge in [-0.05, 0) is 56.4 Å². The van der Waals surface area contributed by atoms with Gasteiger partial charge in [0.05, 0.1) is 6.61 Å². The van der Waals surface area contributed by atoms with E-state index in [1.54, 1.807) is 23.0 Å². The Morgan fingerprint density at radius 1 is 1.19 bits per heavy atom. The summed E-state index contributed by atoms with van der Waals surface area (Å²) < 4.78 is 37.7. The summed E-state index contributed by atoms with van der Waals surface area (Å²) in [6.45, 7) is 11.5. The standard InChI is InChI=1S/C25H32N6O5S/c1-16(2)15-35-21-11-12-31(29-21)20-10-9-18(23(28-20)30-14-17(3)13-25(30,4)5)24(32)36-37(33,34)22-8-6-7-19(26)27-22/h6-12,16-17H,13-15H2,1-5H3,(H2,26,27)/t17-/m0/s1. The smallest absolute Gasteiger partial charge is 0.359 e. The van der Waals surface area contributed by atoms with Gasteiger partial charge in [0.2, 0.25) is 5.88 Å². The first-order valence-corrected chi connectivity index (χ1v) is 13.5. The molecule has 4 heterocycles. The van der Waals surface area contributed by atoms with Crippen LogP contribution in [-0.4, -0.2) is 52.8 Å². The fourth-order valence-corrected chi connectivity index (χ4v) is 5.25. The second-order valence-corrected chi connectivity index (χ2v) is 11.8. The van der Waals surface area contributed by atoms with Crippen LogP contribution in [0.2, 0.25) is 0 Å². The number of aromatic nitrogens is 4. The van der Waals surface area contributed by atoms with Crippen LogP contribution >= 0.6 is 0 Å². The number of rotatable bonds is 8. The average Bonchev–Trinajstić information content (AvgIpc) is 3.40. The Bertz CT molecular complexity index is 1400. The number of hydrogen-bond acceptors (Lipinski definition) is 10. The molecule has 0 saturated carbocycles. The predicted molar refractivity (Wildman–Crippen MR) is 138 cm³/mol. The highest BCUT2D eigenvalue weighted by molar-refractivity contribution is 7.87. The van der Waals surface area contributed by atoms with E-state index in [1.165, 1.54) is 24.3 Å². The average molecular weight is 529 g/mol. The Labute approximate surface area is 216 Å². The number of anilines is 2. The molecule has 0 unspecified atom stereocenters. The first-order chi connectivity index (χ1) is 17.4. The van der Waals surface area contributed by atoms with E-state index in [4.69, 9.17) is 19.6 Å². The first kappa shape index (κ1) is 26.4. The second kappa shape index (κ2) is 10.0. The normalized spacial score (nSPS) is 17.2. The summed E-state index contributed by atoms with van der Waals surface area (Å²) in [5.74, 6) is 0.831. The molecule has 1 aliphatic rings. The fourth-order valence-electron chi connectivity index (χ4n) is 4.41. The lowest BCUT2D eigenvalue weighted by atomic mass is 9.97. The summed E-state index contributed by atoms with van der Waals surface area (Å²) >= 11 is 0. The Kier molecular flexibility index (Phi) is 7.13. The molecule has 0 spiro atoms. The molecule has 1 aliphatic heterocycles. The van der Waals surface area contributed by atoms with Crippen molar-refractivity contribution in [2.45, 2.75) is 51.6 Å². The van der Waals surface area contributed by atoms with E-state index < -0.39 is 21.1 Å². The number of pyridine rings is 2. The third kappa shape index (κ3) is 5.85. The molecule has 3 aromatic rings. The molecule has 0 aliphatic carbocycles. The molecule has 3 aromatic heterocycles. The topological polar surface area (TPSA) is 143 Å². The SMILES string of the molecule is CC(C)COc1ccn(-c2ccc(C(=O)OS(=O)(=O)c3cccc(N)n3)c(N3C[C@@H](C)CC3(C)C)n2)n1. The third-order valence-corrected chi connectivity index (χ3v) is 7.07. The van der Waals surface area contributed by atoms with Gasteiger partial charge in [-0.1, -0.05) is 26.8 Å². The molecule has 0 amide bonds. The second-order valence-electron chi connectivity index (χ2n) is 10.3. The zero-order valence-electron chi connectivity index (χ0n) is 21.6. The summed E-state index contributed by atoms with van der Waals surface area (Å²) in [5.41, 5.74) is 5.29. The van der Waals surface area contributed by atoms with Crippen LogP contribution in [0.25, 0.3) is 5.82 Å². The number of carbonyl (C=O) groups excluding carboxylic acids is 1. The van der Waals surface area contributed by atoms with Crippen LogP contribution < -0.4 is 15.4 Å². The number of nitrogens with two attached hydrogens (primary N) is 1. The lowest BCUT2D eigenvalue weighted by molar-refractivity contribution is 0.0746. The minimum atomic E-state index is -4.50. The maximum atomic E-state index is 13.2. The molecular formula is C25H32N6O5S. The van der Waals surface area contributed by atoms with Crippen LogP contribution in [0.3, 0.4) is 0 Å². The minimum absolute atomic E-state index is 0.00685. The van der Waals surface area contributed by atoms with Gasteiger partial charge >= 0.3 is 16.1 Å². The predicted octanol–water partition coefficient (Wildman–Crippen LogP) is 3.45. The molecule has 198 valence electrons. The molecule has 2 N–H and O–H groups in total. The van der Waals surface area contributed by atoms with Gasteiger partial charge in [0.25, 0.3) is 0 Å². The van der Waals surface area contributed by atoms with Crippen molar-refractivity contribution in [1.29, 1.82) is 0 Å². The molecule has 0 bridgehead atoms. The molecule has 1 atom stereocenters. The molecule has 1 fully saturated rings. The Hall–Kier alpha value is -3.67. The van der Waals surface area contributed by atoms with Gasteiger partial charge < -0.3 is 19.6 Å². The van der Waals surface area contributed by atoms with E-state index in [1.807, 2.05) is 18.7 Å². The van der Waals surface area contributed by atoms with Crippen molar-refractivity contribution >= 4 is 27.7 Å². The van der Waals surface area contributed by atoms with Crippen LogP contribution in [-0.2, 0) is 14.3 Å². The monoisotopic (exact) mass is 528 g/mol. The summed E-state index contributed by atoms with van der Waals surface area (Å²) in [7, 11) is -4.50. The zero-order valence-corrected chi connectivity index (χ0v) is 22.4. The number of carbonyl (C=O) groups is 1. The van der Waals surface area contributed by atoms with E-state index in [-0.39, 0.29) is 16.9 Å². The van der Waals surface area contributed by atoms with Crippen molar-refractivity contribution in [3.05, 3.63) is 48.2 Å². The van der Waals surface area contributed by atoms with Crippen LogP contribution in [0.15, 0.2) is 47.6 Å². The van der Waals surface area contributed by atoms with Gasteiger partial charge in [0.15, 0.2) is 10.8 Å². The summed E-state index contributed by atoms with van der Waals surface area (Å²) in [6, 6.07) is 8.88. The Balaban J connectivity index is 1.71. The molecule has 0 aromatic carbocycles. The van der Waals surface area contributed by atoms with Crippen molar-refractivity contribution in [3.63, 3.8) is 0 Å². The highest BCUT2D eigenvalue weighted by Gasteiger charge is 2.40. The van der Waals surface area contributed by atoms with Crippen molar-refractivity contribution in [2.75, 3.05) is 23.8 Å². The van der Waals surface area contributed by atoms with Crippen LogP contribution in [0, 0.1) is 11.8 Å². The number of nitrogens with zero attached hydrogens (tertiary/aromatic N) is 5. The van der Waals surface area contributed by atoms with Crippen molar-refractivity contribution in [3.8, 4) is 11.7 Å². The summed E-state index contributed by atoms with van der Waals surface area (Å²) in [4.78, 5) is 23.7. The third-order valence-electron chi connectivity index (χ3n) is 5.96. The van der Waals surface area contributed by atoms with Gasteiger partial charge in [-0.25, -0.2) is 19.4 Å². The van der Waals surface area contributed by atoms with Crippen LogP contribution in [0.5, 0.6) is 5.88 Å². The molecule has 12 heteroatoms. The summed E-state index contributed by atoms with van der Waals surface area (Å²) in [6.07, 6.45) is 2.58. The quantitative estimate of drug-likeness (QED) is 0.432. The van der Waals surface area contributed by atoms with E-state index in [0.717, 1.165) is 6.42 Å². The van der Waals surface area contributed by atoms with Crippen molar-refractivity contribution < 1.29 is 22.1 Å². The largest absolute Gasteiger partial charge is 0.476 e. The fraction of sp³-hybridized carbons (Fsp3) is 0.440. The number of ether oxygens (including phenoxy) is 1. The first-order valence-electron chi connectivity index (χ1n) is 12.0. The van der Waals surface area contributed by atoms with Gasteiger partial charge in [0.1, 0.15) is 17.2 Å². The van der Waals surface area contributed by atoms with Gasteiger partial charge in [-0.3, -0.25) is 0 Å². The van der Waals surface area contributed by atoms with E-state index >= 15 is 0 Å². The molecule has 0 radical (unpaired) electrons. The van der Waals surface area contributed by atoms with Crippen LogP contribution in [0.4, 0.5) is 11.6 Å². The van der Waals surface area contributed by atoms with Gasteiger partial charge in [0, 0.05) is 24.3 Å². The number of hydrogen-bond donors (Lipinski definition) is 1. The van der Waals surface area contributed by atoms with E-state index in [2.05, 4.69) is 30.9 Å². The minimum Gasteiger partial charge on any atom is -0.476 e. The Morgan fingerprint density at radius 2 is 1.95 bits per heavy atom. The van der Waals surface area contributed by atoms with Gasteiger partial charge in [-0.15, -0.1) is 5.10 Å². The maximum Gasteiger partial charge on any atom is 0.359 e. The summed E-state index contributed by atoms with van der Waals surface area (Å²) in [5, 5.41) is 3.98. The zero-order chi connectivity index (χ0) is 27.0. The molecule has 1 saturated heterocycles. The molecule has 11 nitrogen and oxygen atoms in total. The van der Waals surface area contributed by atoms with E-state index in [9.17, 15) is 13.2 Å². The lowest BCUT2D eigenvalue weighted by Gasteiger charge is -2.33.